The lowest BCUT2D eigenvalue weighted by atomic mass is 10.2. The van der Waals surface area contributed by atoms with Gasteiger partial charge in [0.15, 0.2) is 0 Å². The first kappa shape index (κ1) is 12.5. The van der Waals surface area contributed by atoms with Crippen molar-refractivity contribution in [1.29, 1.82) is 0 Å². The maximum atomic E-state index is 11.0. The van der Waals surface area contributed by atoms with Crippen molar-refractivity contribution in [1.82, 2.24) is 10.3 Å². The second-order valence-electron chi connectivity index (χ2n) is 4.50. The second-order valence-corrected chi connectivity index (χ2v) is 5.28. The molecule has 17 heavy (non-hydrogen) atoms. The summed E-state index contributed by atoms with van der Waals surface area (Å²) in [6.45, 7) is 1.99. The number of rotatable bonds is 7. The first-order valence-corrected chi connectivity index (χ1v) is 6.98. The van der Waals surface area contributed by atoms with E-state index in [1.165, 1.54) is 18.4 Å². The van der Waals surface area contributed by atoms with Crippen LogP contribution in [0.15, 0.2) is 16.8 Å². The average molecular weight is 253 g/mol. The highest BCUT2D eigenvalue weighted by atomic mass is 32.1. The highest BCUT2D eigenvalue weighted by Crippen LogP contribution is 2.28. The monoisotopic (exact) mass is 253 g/mol. The SMILES string of the molecule is NNC(=O)CCCN(Cc1ccsc1)C1CC1. The molecular weight excluding hydrogens is 234 g/mol. The van der Waals surface area contributed by atoms with E-state index in [0.29, 0.717) is 6.42 Å². The quantitative estimate of drug-likeness (QED) is 0.440. The lowest BCUT2D eigenvalue weighted by Gasteiger charge is -2.21. The van der Waals surface area contributed by atoms with Crippen LogP contribution in [0, 0.1) is 0 Å². The van der Waals surface area contributed by atoms with E-state index < -0.39 is 0 Å². The summed E-state index contributed by atoms with van der Waals surface area (Å²) in [6, 6.07) is 2.91. The molecule has 1 aromatic rings. The molecule has 0 bridgehead atoms. The topological polar surface area (TPSA) is 58.4 Å². The highest BCUT2D eigenvalue weighted by Gasteiger charge is 2.28. The summed E-state index contributed by atoms with van der Waals surface area (Å²) in [5.74, 6) is 4.99. The lowest BCUT2D eigenvalue weighted by molar-refractivity contribution is -0.121. The van der Waals surface area contributed by atoms with Gasteiger partial charge in [-0.1, -0.05) is 0 Å². The van der Waals surface area contributed by atoms with Crippen LogP contribution in [0.4, 0.5) is 0 Å². The Kier molecular flexibility index (Phi) is 4.53. The number of amides is 1. The summed E-state index contributed by atoms with van der Waals surface area (Å²) in [4.78, 5) is 13.5. The van der Waals surface area contributed by atoms with E-state index >= 15 is 0 Å². The van der Waals surface area contributed by atoms with E-state index in [-0.39, 0.29) is 5.91 Å². The smallest absolute Gasteiger partial charge is 0.233 e. The molecule has 1 fully saturated rings. The van der Waals surface area contributed by atoms with Crippen LogP contribution in [0.1, 0.15) is 31.2 Å². The normalized spacial score (nSPS) is 15.2. The predicted molar refractivity (Wildman–Crippen MR) is 69.3 cm³/mol. The Hall–Kier alpha value is -0.910. The number of carbonyl (C=O) groups is 1. The zero-order valence-corrected chi connectivity index (χ0v) is 10.7. The largest absolute Gasteiger partial charge is 0.296 e. The van der Waals surface area contributed by atoms with Gasteiger partial charge >= 0.3 is 0 Å². The molecule has 1 aliphatic carbocycles. The number of hydrogen-bond donors (Lipinski definition) is 2. The van der Waals surface area contributed by atoms with Crippen LogP contribution in [-0.2, 0) is 11.3 Å². The fraction of sp³-hybridized carbons (Fsp3) is 0.583. The van der Waals surface area contributed by atoms with Crippen molar-refractivity contribution < 1.29 is 4.79 Å². The molecule has 0 spiro atoms. The number of thiophene rings is 1. The van der Waals surface area contributed by atoms with Crippen LogP contribution < -0.4 is 11.3 Å². The van der Waals surface area contributed by atoms with Gasteiger partial charge in [-0.2, -0.15) is 11.3 Å². The van der Waals surface area contributed by atoms with E-state index in [9.17, 15) is 4.79 Å². The number of carbonyl (C=O) groups excluding carboxylic acids is 1. The molecule has 3 N–H and O–H groups in total. The third-order valence-electron chi connectivity index (χ3n) is 3.04. The minimum absolute atomic E-state index is 0.0729. The molecular formula is C12H19N3OS. The number of nitrogens with one attached hydrogen (secondary N) is 1. The summed E-state index contributed by atoms with van der Waals surface area (Å²) in [5.41, 5.74) is 3.55. The van der Waals surface area contributed by atoms with Gasteiger partial charge in [0.05, 0.1) is 0 Å². The number of hydrogen-bond acceptors (Lipinski definition) is 4. The Morgan fingerprint density at radius 2 is 2.41 bits per heavy atom. The van der Waals surface area contributed by atoms with Gasteiger partial charge in [-0.15, -0.1) is 0 Å². The van der Waals surface area contributed by atoms with Crippen molar-refractivity contribution in [3.63, 3.8) is 0 Å². The minimum atomic E-state index is -0.0729. The summed E-state index contributed by atoms with van der Waals surface area (Å²) >= 11 is 1.74. The molecule has 1 heterocycles. The molecule has 1 saturated carbocycles. The first-order chi connectivity index (χ1) is 8.29. The number of nitrogens with zero attached hydrogens (tertiary/aromatic N) is 1. The van der Waals surface area contributed by atoms with Gasteiger partial charge < -0.3 is 0 Å². The standard InChI is InChI=1S/C12H19N3OS/c13-14-12(16)2-1-6-15(11-3-4-11)8-10-5-7-17-9-10/h5,7,9,11H,1-4,6,8,13H2,(H,14,16). The van der Waals surface area contributed by atoms with Gasteiger partial charge in [-0.3, -0.25) is 15.1 Å². The van der Waals surface area contributed by atoms with Crippen LogP contribution in [-0.4, -0.2) is 23.4 Å². The summed E-state index contributed by atoms with van der Waals surface area (Å²) in [5, 5.41) is 4.31. The summed E-state index contributed by atoms with van der Waals surface area (Å²) in [7, 11) is 0. The van der Waals surface area contributed by atoms with Crippen molar-refractivity contribution in [2.24, 2.45) is 5.84 Å². The van der Waals surface area contributed by atoms with E-state index in [0.717, 1.165) is 25.6 Å². The second kappa shape index (κ2) is 6.14. The van der Waals surface area contributed by atoms with Gasteiger partial charge in [0.2, 0.25) is 5.91 Å². The Bertz CT molecular complexity index is 349. The zero-order valence-electron chi connectivity index (χ0n) is 9.89. The van der Waals surface area contributed by atoms with Crippen molar-refractivity contribution in [3.05, 3.63) is 22.4 Å². The van der Waals surface area contributed by atoms with Gasteiger partial charge in [0, 0.05) is 19.0 Å². The van der Waals surface area contributed by atoms with Crippen LogP contribution >= 0.6 is 11.3 Å². The Morgan fingerprint density at radius 1 is 1.59 bits per heavy atom. The number of hydrazine groups is 1. The van der Waals surface area contributed by atoms with Crippen LogP contribution in [0.3, 0.4) is 0 Å². The molecule has 5 heteroatoms. The minimum Gasteiger partial charge on any atom is -0.296 e. The van der Waals surface area contributed by atoms with E-state index in [1.54, 1.807) is 11.3 Å². The van der Waals surface area contributed by atoms with Gasteiger partial charge in [0.25, 0.3) is 0 Å². The molecule has 0 radical (unpaired) electrons. The van der Waals surface area contributed by atoms with Gasteiger partial charge in [-0.05, 0) is 48.2 Å². The molecule has 0 aromatic carbocycles. The third-order valence-corrected chi connectivity index (χ3v) is 3.77. The average Bonchev–Trinajstić information content (AvgIpc) is 3.06. The van der Waals surface area contributed by atoms with Gasteiger partial charge in [0.1, 0.15) is 0 Å². The molecule has 0 unspecified atom stereocenters. The van der Waals surface area contributed by atoms with Crippen molar-refractivity contribution >= 4 is 17.2 Å². The van der Waals surface area contributed by atoms with E-state index in [4.69, 9.17) is 5.84 Å². The molecule has 2 rings (SSSR count). The zero-order chi connectivity index (χ0) is 12.1. The maximum Gasteiger partial charge on any atom is 0.233 e. The molecule has 0 saturated heterocycles. The lowest BCUT2D eigenvalue weighted by Crippen LogP contribution is -2.31. The molecule has 0 atom stereocenters. The fourth-order valence-corrected chi connectivity index (χ4v) is 2.62. The van der Waals surface area contributed by atoms with Crippen LogP contribution in [0.25, 0.3) is 0 Å². The molecule has 94 valence electrons. The highest BCUT2D eigenvalue weighted by molar-refractivity contribution is 7.07. The Labute approximate surface area is 106 Å². The molecule has 4 nitrogen and oxygen atoms in total. The Balaban J connectivity index is 1.75. The van der Waals surface area contributed by atoms with Crippen LogP contribution in [0.5, 0.6) is 0 Å². The van der Waals surface area contributed by atoms with Crippen molar-refractivity contribution in [2.45, 2.75) is 38.3 Å². The Morgan fingerprint density at radius 3 is 3.00 bits per heavy atom. The summed E-state index contributed by atoms with van der Waals surface area (Å²) < 4.78 is 0. The summed E-state index contributed by atoms with van der Waals surface area (Å²) in [6.07, 6.45) is 3.99. The maximum absolute atomic E-state index is 11.0. The predicted octanol–water partition coefficient (Wildman–Crippen LogP) is 1.48. The van der Waals surface area contributed by atoms with Gasteiger partial charge in [-0.25, -0.2) is 5.84 Å². The van der Waals surface area contributed by atoms with Crippen molar-refractivity contribution in [2.75, 3.05) is 6.54 Å². The molecule has 1 amide bonds. The fourth-order valence-electron chi connectivity index (χ4n) is 1.96. The molecule has 1 aromatic heterocycles. The van der Waals surface area contributed by atoms with Crippen LogP contribution in [0.2, 0.25) is 0 Å². The third kappa shape index (κ3) is 4.11. The van der Waals surface area contributed by atoms with E-state index in [1.807, 2.05) is 0 Å². The van der Waals surface area contributed by atoms with E-state index in [2.05, 4.69) is 27.2 Å². The first-order valence-electron chi connectivity index (χ1n) is 6.04. The molecule has 0 aliphatic heterocycles. The number of nitrogens with two attached hydrogens (primary N) is 1. The van der Waals surface area contributed by atoms with Crippen molar-refractivity contribution in [3.8, 4) is 0 Å². The molecule has 1 aliphatic rings.